The Morgan fingerprint density at radius 3 is 2.80 bits per heavy atom. The summed E-state index contributed by atoms with van der Waals surface area (Å²) in [6.45, 7) is 8.70. The van der Waals surface area contributed by atoms with Crippen molar-refractivity contribution in [3.63, 3.8) is 0 Å². The number of hydrogen-bond acceptors (Lipinski definition) is 2. The maximum Gasteiger partial charge on any atom is 0.317 e. The number of likely N-dealkylation sites (tertiary alicyclic amines) is 1. The Kier molecular flexibility index (Phi) is 5.41. The molecule has 0 bridgehead atoms. The molecule has 0 radical (unpaired) electrons. The highest BCUT2D eigenvalue weighted by Gasteiger charge is 2.27. The fourth-order valence-electron chi connectivity index (χ4n) is 3.68. The van der Waals surface area contributed by atoms with Crippen molar-refractivity contribution in [2.45, 2.75) is 46.2 Å². The van der Waals surface area contributed by atoms with Crippen LogP contribution in [0.3, 0.4) is 0 Å². The summed E-state index contributed by atoms with van der Waals surface area (Å²) >= 11 is 0. The molecule has 2 heterocycles. The summed E-state index contributed by atoms with van der Waals surface area (Å²) in [5.41, 5.74) is 2.33. The van der Waals surface area contributed by atoms with Gasteiger partial charge in [-0.3, -0.25) is 0 Å². The third-order valence-corrected chi connectivity index (χ3v) is 4.91. The predicted octanol–water partition coefficient (Wildman–Crippen LogP) is 3.55. The SMILES string of the molecule is Cc1cnc(CC2CCN(C(=O)NCc3ccccc3)C2)n1C(C)C. The molecule has 0 aliphatic carbocycles. The number of aryl methyl sites for hydroxylation is 1. The van der Waals surface area contributed by atoms with Crippen molar-refractivity contribution in [2.75, 3.05) is 13.1 Å². The molecule has 1 aliphatic rings. The van der Waals surface area contributed by atoms with Gasteiger partial charge in [-0.05, 0) is 38.7 Å². The molecule has 3 rings (SSSR count). The van der Waals surface area contributed by atoms with Gasteiger partial charge in [-0.15, -0.1) is 0 Å². The van der Waals surface area contributed by atoms with E-state index in [0.29, 0.717) is 18.5 Å². The number of rotatable bonds is 5. The largest absolute Gasteiger partial charge is 0.334 e. The second-order valence-electron chi connectivity index (χ2n) is 7.23. The van der Waals surface area contributed by atoms with Gasteiger partial charge in [0.2, 0.25) is 0 Å². The predicted molar refractivity (Wildman–Crippen MR) is 99.4 cm³/mol. The Morgan fingerprint density at radius 1 is 1.32 bits per heavy atom. The Hall–Kier alpha value is -2.30. The number of aromatic nitrogens is 2. The average Bonchev–Trinajstić information content (AvgIpc) is 3.21. The lowest BCUT2D eigenvalue weighted by molar-refractivity contribution is 0.206. The number of nitrogens with one attached hydrogen (secondary N) is 1. The summed E-state index contributed by atoms with van der Waals surface area (Å²) in [5.74, 6) is 1.63. The fourth-order valence-corrected chi connectivity index (χ4v) is 3.68. The summed E-state index contributed by atoms with van der Waals surface area (Å²) in [6.07, 6.45) is 3.94. The molecule has 1 saturated heterocycles. The molecule has 0 saturated carbocycles. The molecule has 1 unspecified atom stereocenters. The van der Waals surface area contributed by atoms with Crippen molar-refractivity contribution in [3.05, 3.63) is 53.6 Å². The number of benzene rings is 1. The standard InChI is InChI=1S/C20H28N4O/c1-15(2)24-16(3)12-21-19(24)11-18-9-10-23(14-18)20(25)22-13-17-7-5-4-6-8-17/h4-8,12,15,18H,9-11,13-14H2,1-3H3,(H,22,25). The van der Waals surface area contributed by atoms with Crippen LogP contribution in [0.4, 0.5) is 4.79 Å². The van der Waals surface area contributed by atoms with Crippen molar-refractivity contribution in [2.24, 2.45) is 5.92 Å². The summed E-state index contributed by atoms with van der Waals surface area (Å²) < 4.78 is 2.30. The summed E-state index contributed by atoms with van der Waals surface area (Å²) in [4.78, 5) is 18.9. The normalized spacial score (nSPS) is 17.3. The lowest BCUT2D eigenvalue weighted by Gasteiger charge is -2.18. The zero-order valence-electron chi connectivity index (χ0n) is 15.4. The molecule has 5 nitrogen and oxygen atoms in total. The zero-order chi connectivity index (χ0) is 17.8. The molecule has 2 aromatic rings. The Balaban J connectivity index is 1.52. The van der Waals surface area contributed by atoms with Crippen molar-refractivity contribution < 1.29 is 4.79 Å². The van der Waals surface area contributed by atoms with Crippen LogP contribution in [0.15, 0.2) is 36.5 Å². The van der Waals surface area contributed by atoms with Gasteiger partial charge in [-0.1, -0.05) is 30.3 Å². The molecule has 1 fully saturated rings. The molecule has 1 aromatic heterocycles. The maximum atomic E-state index is 12.4. The monoisotopic (exact) mass is 340 g/mol. The zero-order valence-corrected chi connectivity index (χ0v) is 15.4. The number of imidazole rings is 1. The number of carbonyl (C=O) groups is 1. The van der Waals surface area contributed by atoms with E-state index in [-0.39, 0.29) is 6.03 Å². The maximum absolute atomic E-state index is 12.4. The van der Waals surface area contributed by atoms with Gasteiger partial charge >= 0.3 is 6.03 Å². The fraction of sp³-hybridized carbons (Fsp3) is 0.500. The first-order valence-corrected chi connectivity index (χ1v) is 9.14. The van der Waals surface area contributed by atoms with Gasteiger partial charge in [0.1, 0.15) is 5.82 Å². The Bertz CT molecular complexity index is 708. The molecule has 25 heavy (non-hydrogen) atoms. The van der Waals surface area contributed by atoms with Crippen LogP contribution in [0.1, 0.15) is 43.4 Å². The Labute approximate surface area is 150 Å². The van der Waals surface area contributed by atoms with Crippen LogP contribution < -0.4 is 5.32 Å². The van der Waals surface area contributed by atoms with Crippen LogP contribution in [-0.2, 0) is 13.0 Å². The molecule has 134 valence electrons. The summed E-state index contributed by atoms with van der Waals surface area (Å²) in [5, 5.41) is 3.03. The van der Waals surface area contributed by atoms with Gasteiger partial charge < -0.3 is 14.8 Å². The second-order valence-corrected chi connectivity index (χ2v) is 7.23. The highest BCUT2D eigenvalue weighted by Crippen LogP contribution is 2.23. The van der Waals surface area contributed by atoms with E-state index in [2.05, 4.69) is 35.6 Å². The van der Waals surface area contributed by atoms with Crippen LogP contribution in [0.2, 0.25) is 0 Å². The first-order valence-electron chi connectivity index (χ1n) is 9.14. The molecule has 1 aromatic carbocycles. The smallest absolute Gasteiger partial charge is 0.317 e. The van der Waals surface area contributed by atoms with Gasteiger partial charge in [-0.25, -0.2) is 9.78 Å². The van der Waals surface area contributed by atoms with Gasteiger partial charge in [0, 0.05) is 44.0 Å². The van der Waals surface area contributed by atoms with Crippen LogP contribution in [0, 0.1) is 12.8 Å². The lowest BCUT2D eigenvalue weighted by Crippen LogP contribution is -2.38. The van der Waals surface area contributed by atoms with Crippen LogP contribution in [0.25, 0.3) is 0 Å². The molecule has 1 N–H and O–H groups in total. The topological polar surface area (TPSA) is 50.2 Å². The average molecular weight is 340 g/mol. The minimum Gasteiger partial charge on any atom is -0.334 e. The molecule has 0 spiro atoms. The number of carbonyl (C=O) groups excluding carboxylic acids is 1. The minimum atomic E-state index is 0.0368. The molecule has 1 aliphatic heterocycles. The van der Waals surface area contributed by atoms with Crippen LogP contribution >= 0.6 is 0 Å². The number of amides is 2. The van der Waals surface area contributed by atoms with E-state index in [0.717, 1.165) is 37.3 Å². The lowest BCUT2D eigenvalue weighted by atomic mass is 10.0. The van der Waals surface area contributed by atoms with Crippen molar-refractivity contribution in [1.82, 2.24) is 19.8 Å². The second kappa shape index (κ2) is 7.72. The van der Waals surface area contributed by atoms with Crippen molar-refractivity contribution >= 4 is 6.03 Å². The van der Waals surface area contributed by atoms with Gasteiger partial charge in [0.25, 0.3) is 0 Å². The van der Waals surface area contributed by atoms with E-state index < -0.39 is 0 Å². The third kappa shape index (κ3) is 4.21. The van der Waals surface area contributed by atoms with Crippen LogP contribution in [0.5, 0.6) is 0 Å². The van der Waals surface area contributed by atoms with Gasteiger partial charge in [0.05, 0.1) is 0 Å². The first-order chi connectivity index (χ1) is 12.0. The Morgan fingerprint density at radius 2 is 2.08 bits per heavy atom. The first kappa shape index (κ1) is 17.5. The molecule has 1 atom stereocenters. The van der Waals surface area contributed by atoms with Gasteiger partial charge in [0.15, 0.2) is 0 Å². The minimum absolute atomic E-state index is 0.0368. The molecule has 2 amide bonds. The molecular formula is C20H28N4O. The number of nitrogens with zero attached hydrogens (tertiary/aromatic N) is 3. The highest BCUT2D eigenvalue weighted by atomic mass is 16.2. The van der Waals surface area contributed by atoms with Crippen LogP contribution in [-0.4, -0.2) is 33.6 Å². The van der Waals surface area contributed by atoms with E-state index in [9.17, 15) is 4.79 Å². The quantitative estimate of drug-likeness (QED) is 0.905. The van der Waals surface area contributed by atoms with E-state index in [1.54, 1.807) is 0 Å². The highest BCUT2D eigenvalue weighted by molar-refractivity contribution is 5.74. The molecular weight excluding hydrogens is 312 g/mol. The number of hydrogen-bond donors (Lipinski definition) is 1. The van der Waals surface area contributed by atoms with Gasteiger partial charge in [-0.2, -0.15) is 0 Å². The van der Waals surface area contributed by atoms with E-state index in [4.69, 9.17) is 0 Å². The summed E-state index contributed by atoms with van der Waals surface area (Å²) in [7, 11) is 0. The van der Waals surface area contributed by atoms with E-state index in [1.807, 2.05) is 41.4 Å². The van der Waals surface area contributed by atoms with E-state index in [1.165, 1.54) is 5.69 Å². The molecule has 5 heteroatoms. The summed E-state index contributed by atoms with van der Waals surface area (Å²) in [6, 6.07) is 10.5. The number of urea groups is 1. The van der Waals surface area contributed by atoms with E-state index >= 15 is 0 Å². The third-order valence-electron chi connectivity index (χ3n) is 4.91. The van der Waals surface area contributed by atoms with Crippen molar-refractivity contribution in [3.8, 4) is 0 Å². The van der Waals surface area contributed by atoms with Crippen molar-refractivity contribution in [1.29, 1.82) is 0 Å².